The van der Waals surface area contributed by atoms with Crippen LogP contribution in [0.25, 0.3) is 0 Å². The molecule has 0 rings (SSSR count). The van der Waals surface area contributed by atoms with Crippen LogP contribution in [0.5, 0.6) is 0 Å². The van der Waals surface area contributed by atoms with Gasteiger partial charge < -0.3 is 36.8 Å². The summed E-state index contributed by atoms with van der Waals surface area (Å²) in [7, 11) is 0. The van der Waals surface area contributed by atoms with Crippen molar-refractivity contribution in [3.63, 3.8) is 0 Å². The average molecular weight is 766 g/mol. The zero-order chi connectivity index (χ0) is 39.4. The molecule has 0 spiro atoms. The summed E-state index contributed by atoms with van der Waals surface area (Å²) in [4.78, 5) is 25.3. The molecule has 0 aromatic heterocycles. The van der Waals surface area contributed by atoms with E-state index in [1.165, 1.54) is 128 Å². The molecule has 0 aromatic carbocycles. The molecule has 0 unspecified atom stereocenters. The fourth-order valence-electron chi connectivity index (χ4n) is 6.70. The second kappa shape index (κ2) is 44.0. The molecule has 2 amide bonds. The summed E-state index contributed by atoms with van der Waals surface area (Å²) in [5.74, 6) is -0.0951. The first-order valence-electron chi connectivity index (χ1n) is 23.2. The molecule has 0 heterocycles. The summed E-state index contributed by atoms with van der Waals surface area (Å²) in [5.41, 5.74) is 5.51. The minimum atomic E-state index is -0.916. The van der Waals surface area contributed by atoms with Crippen molar-refractivity contribution in [2.45, 2.75) is 219 Å². The maximum Gasteiger partial charge on any atom is 0.407 e. The topological polar surface area (TPSA) is 138 Å². The molecule has 54 heavy (non-hydrogen) atoms. The molecule has 0 saturated heterocycles. The molecule has 0 aromatic rings. The Morgan fingerprint density at radius 1 is 0.574 bits per heavy atom. The van der Waals surface area contributed by atoms with Crippen LogP contribution in [0.2, 0.25) is 0 Å². The standard InChI is InChI=1S/C45H91N5O4/c1-3-5-7-9-11-13-15-17-19-21-23-25-27-33-43(51)42(41-54-45(53)49-40-32-39-48-37-30-29-36-47-38-31-35-46)50-44(52)34-28-26-24-22-20-18-16-14-12-10-8-6-4-2/h27,33,42-43,47-48,51H,3-26,28-32,34-41,46H2,1-2H3,(H,49,53)(H,50,52)/b33-27+/t42-,43+/m0/s1. The molecule has 0 radical (unpaired) electrons. The molecule has 0 aliphatic carbocycles. The highest BCUT2D eigenvalue weighted by atomic mass is 16.5. The number of aliphatic hydroxyl groups excluding tert-OH is 1. The highest BCUT2D eigenvalue weighted by Crippen LogP contribution is 2.14. The summed E-state index contributed by atoms with van der Waals surface area (Å²) < 4.78 is 5.47. The van der Waals surface area contributed by atoms with E-state index < -0.39 is 18.2 Å². The Labute approximate surface area is 334 Å². The van der Waals surface area contributed by atoms with Crippen LogP contribution in [0.3, 0.4) is 0 Å². The number of rotatable bonds is 43. The lowest BCUT2D eigenvalue weighted by molar-refractivity contribution is -0.123. The molecular formula is C45H91N5O4. The summed E-state index contributed by atoms with van der Waals surface area (Å²) in [6, 6.07) is -0.676. The third kappa shape index (κ3) is 40.0. The average Bonchev–Trinajstić information content (AvgIpc) is 3.17. The van der Waals surface area contributed by atoms with E-state index in [1.54, 1.807) is 6.08 Å². The first-order valence-corrected chi connectivity index (χ1v) is 23.2. The number of hydrogen-bond acceptors (Lipinski definition) is 7. The second-order valence-corrected chi connectivity index (χ2v) is 15.6. The molecule has 320 valence electrons. The summed E-state index contributed by atoms with van der Waals surface area (Å²) in [6.45, 7) is 9.46. The SMILES string of the molecule is CCCCCCCCCCCCC/C=C/[C@@H](O)[C@H](COC(=O)NCCCNCCCCNCCCN)NC(=O)CCCCCCCCCCCCCCC. The van der Waals surface area contributed by atoms with Gasteiger partial charge in [0, 0.05) is 13.0 Å². The van der Waals surface area contributed by atoms with E-state index in [1.807, 2.05) is 6.08 Å². The first kappa shape index (κ1) is 52.3. The maximum atomic E-state index is 12.9. The lowest BCUT2D eigenvalue weighted by Gasteiger charge is -2.22. The number of amides is 2. The van der Waals surface area contributed by atoms with E-state index >= 15 is 0 Å². The zero-order valence-corrected chi connectivity index (χ0v) is 35.7. The Kier molecular flexibility index (Phi) is 42.7. The van der Waals surface area contributed by atoms with Crippen LogP contribution in [0, 0.1) is 0 Å². The van der Waals surface area contributed by atoms with Gasteiger partial charge in [-0.1, -0.05) is 167 Å². The fraction of sp³-hybridized carbons (Fsp3) is 0.911. The minimum Gasteiger partial charge on any atom is -0.447 e. The number of nitrogens with two attached hydrogens (primary N) is 1. The quantitative estimate of drug-likeness (QED) is 0.0269. The first-order chi connectivity index (χ1) is 26.5. The van der Waals surface area contributed by atoms with Gasteiger partial charge in [0.2, 0.25) is 5.91 Å². The number of carbonyl (C=O) groups is 2. The normalized spacial score (nSPS) is 12.7. The van der Waals surface area contributed by atoms with Gasteiger partial charge in [-0.3, -0.25) is 4.79 Å². The van der Waals surface area contributed by atoms with Crippen LogP contribution < -0.4 is 27.0 Å². The van der Waals surface area contributed by atoms with Crippen LogP contribution in [0.15, 0.2) is 12.2 Å². The van der Waals surface area contributed by atoms with Crippen LogP contribution in [-0.2, 0) is 9.53 Å². The predicted molar refractivity (Wildman–Crippen MR) is 231 cm³/mol. The number of nitrogens with one attached hydrogen (secondary N) is 4. The van der Waals surface area contributed by atoms with E-state index in [0.717, 1.165) is 90.5 Å². The maximum absolute atomic E-state index is 12.9. The Bertz CT molecular complexity index is 815. The third-order valence-electron chi connectivity index (χ3n) is 10.3. The molecule has 7 N–H and O–H groups in total. The lowest BCUT2D eigenvalue weighted by Crippen LogP contribution is -2.46. The third-order valence-corrected chi connectivity index (χ3v) is 10.3. The number of unbranched alkanes of at least 4 members (excludes halogenated alkanes) is 24. The van der Waals surface area contributed by atoms with Crippen LogP contribution in [0.1, 0.15) is 206 Å². The fourth-order valence-corrected chi connectivity index (χ4v) is 6.70. The van der Waals surface area contributed by atoms with Crippen molar-refractivity contribution in [1.29, 1.82) is 0 Å². The monoisotopic (exact) mass is 766 g/mol. The van der Waals surface area contributed by atoms with Gasteiger partial charge in [0.15, 0.2) is 0 Å². The van der Waals surface area contributed by atoms with Gasteiger partial charge in [0.05, 0.1) is 12.1 Å². The van der Waals surface area contributed by atoms with Crippen molar-refractivity contribution in [2.24, 2.45) is 5.73 Å². The van der Waals surface area contributed by atoms with E-state index in [0.29, 0.717) is 13.0 Å². The minimum absolute atomic E-state index is 0.0717. The van der Waals surface area contributed by atoms with Crippen molar-refractivity contribution < 1.29 is 19.4 Å². The Morgan fingerprint density at radius 3 is 1.52 bits per heavy atom. The highest BCUT2D eigenvalue weighted by Gasteiger charge is 2.21. The molecular weight excluding hydrogens is 675 g/mol. The number of hydrogen-bond donors (Lipinski definition) is 6. The van der Waals surface area contributed by atoms with E-state index in [9.17, 15) is 14.7 Å². The smallest absolute Gasteiger partial charge is 0.407 e. The van der Waals surface area contributed by atoms with Gasteiger partial charge in [0.25, 0.3) is 0 Å². The van der Waals surface area contributed by atoms with E-state index in [2.05, 4.69) is 35.1 Å². The zero-order valence-electron chi connectivity index (χ0n) is 35.7. The van der Waals surface area contributed by atoms with Crippen molar-refractivity contribution in [1.82, 2.24) is 21.3 Å². The van der Waals surface area contributed by atoms with Gasteiger partial charge in [-0.15, -0.1) is 0 Å². The Morgan fingerprint density at radius 2 is 1.02 bits per heavy atom. The van der Waals surface area contributed by atoms with E-state index in [4.69, 9.17) is 10.5 Å². The molecule has 9 heteroatoms. The van der Waals surface area contributed by atoms with Crippen LogP contribution in [0.4, 0.5) is 4.79 Å². The van der Waals surface area contributed by atoms with Crippen molar-refractivity contribution in [2.75, 3.05) is 45.9 Å². The van der Waals surface area contributed by atoms with Gasteiger partial charge >= 0.3 is 6.09 Å². The summed E-state index contributed by atoms with van der Waals surface area (Å²) >= 11 is 0. The van der Waals surface area contributed by atoms with Crippen molar-refractivity contribution in [3.8, 4) is 0 Å². The predicted octanol–water partition coefficient (Wildman–Crippen LogP) is 10.00. The number of alkyl carbamates (subject to hydrolysis) is 1. The number of allylic oxidation sites excluding steroid dienone is 1. The molecule has 0 aliphatic rings. The molecule has 0 saturated carbocycles. The molecule has 0 fully saturated rings. The van der Waals surface area contributed by atoms with Gasteiger partial charge in [0.1, 0.15) is 6.61 Å². The van der Waals surface area contributed by atoms with Crippen molar-refractivity contribution in [3.05, 3.63) is 12.2 Å². The number of ether oxygens (including phenoxy) is 1. The Balaban J connectivity index is 4.40. The van der Waals surface area contributed by atoms with Crippen LogP contribution in [-0.4, -0.2) is 75.1 Å². The number of aliphatic hydroxyl groups is 1. The van der Waals surface area contributed by atoms with Crippen molar-refractivity contribution >= 4 is 12.0 Å². The largest absolute Gasteiger partial charge is 0.447 e. The molecule has 0 bridgehead atoms. The van der Waals surface area contributed by atoms with Gasteiger partial charge in [-0.25, -0.2) is 4.79 Å². The van der Waals surface area contributed by atoms with Gasteiger partial charge in [-0.05, 0) is 77.7 Å². The molecule has 0 aliphatic heterocycles. The molecule has 2 atom stereocenters. The summed E-state index contributed by atoms with van der Waals surface area (Å²) in [6.07, 6.45) is 38.4. The lowest BCUT2D eigenvalue weighted by atomic mass is 10.0. The van der Waals surface area contributed by atoms with Gasteiger partial charge in [-0.2, -0.15) is 0 Å². The number of carbonyl (C=O) groups excluding carboxylic acids is 2. The van der Waals surface area contributed by atoms with Crippen LogP contribution >= 0.6 is 0 Å². The highest BCUT2D eigenvalue weighted by molar-refractivity contribution is 5.76. The Hall–Kier alpha value is -1.68. The van der Waals surface area contributed by atoms with E-state index in [-0.39, 0.29) is 12.5 Å². The second-order valence-electron chi connectivity index (χ2n) is 15.6. The summed E-state index contributed by atoms with van der Waals surface area (Å²) in [5, 5.41) is 23.6. The molecule has 9 nitrogen and oxygen atoms in total.